The maximum absolute atomic E-state index is 3.26. The Kier molecular flexibility index (Phi) is 2.61. The van der Waals surface area contributed by atoms with E-state index in [0.717, 1.165) is 11.3 Å². The average molecular weight is 182 g/mol. The normalized spacial score (nSPS) is 32.3. The van der Waals surface area contributed by atoms with Crippen LogP contribution in [0.1, 0.15) is 25.7 Å². The smallest absolute Gasteiger partial charge is 0.00164 e. The van der Waals surface area contributed by atoms with Crippen molar-refractivity contribution < 1.29 is 0 Å². The zero-order valence-corrected chi connectivity index (χ0v) is 8.97. The van der Waals surface area contributed by atoms with Gasteiger partial charge in [0.2, 0.25) is 0 Å². The van der Waals surface area contributed by atoms with Crippen LogP contribution in [0.4, 0.5) is 0 Å². The van der Waals surface area contributed by atoms with Crippen LogP contribution in [-0.4, -0.2) is 38.6 Å². The molecular formula is C11H22N2. The molecule has 1 aliphatic heterocycles. The van der Waals surface area contributed by atoms with Crippen molar-refractivity contribution in [3.05, 3.63) is 0 Å². The van der Waals surface area contributed by atoms with E-state index in [4.69, 9.17) is 0 Å². The highest BCUT2D eigenvalue weighted by molar-refractivity contribution is 5.04. The van der Waals surface area contributed by atoms with E-state index in [1.165, 1.54) is 45.3 Å². The summed E-state index contributed by atoms with van der Waals surface area (Å²) < 4.78 is 0. The molecule has 2 aliphatic rings. The molecule has 0 aromatic rings. The van der Waals surface area contributed by atoms with E-state index < -0.39 is 0 Å². The van der Waals surface area contributed by atoms with Crippen molar-refractivity contribution in [2.75, 3.05) is 33.7 Å². The van der Waals surface area contributed by atoms with Crippen molar-refractivity contribution in [3.8, 4) is 0 Å². The first-order chi connectivity index (χ1) is 6.27. The van der Waals surface area contributed by atoms with Crippen LogP contribution >= 0.6 is 0 Å². The number of nitrogens with zero attached hydrogens (tertiary/aromatic N) is 1. The number of nitrogens with one attached hydrogen (secondary N) is 1. The lowest BCUT2D eigenvalue weighted by Crippen LogP contribution is -2.32. The Balaban J connectivity index is 1.76. The second-order valence-corrected chi connectivity index (χ2v) is 4.96. The third-order valence-electron chi connectivity index (χ3n) is 4.08. The predicted octanol–water partition coefficient (Wildman–Crippen LogP) is 1.33. The van der Waals surface area contributed by atoms with Crippen LogP contribution < -0.4 is 5.32 Å². The lowest BCUT2D eigenvalue weighted by atomic mass is 9.90. The van der Waals surface area contributed by atoms with Crippen LogP contribution in [0, 0.1) is 11.3 Å². The summed E-state index contributed by atoms with van der Waals surface area (Å²) in [5.41, 5.74) is 0.795. The van der Waals surface area contributed by atoms with Crippen molar-refractivity contribution in [2.45, 2.75) is 25.7 Å². The van der Waals surface area contributed by atoms with Gasteiger partial charge in [-0.2, -0.15) is 0 Å². The van der Waals surface area contributed by atoms with Crippen LogP contribution in [0.2, 0.25) is 0 Å². The number of hydrogen-bond acceptors (Lipinski definition) is 2. The number of hydrogen-bond donors (Lipinski definition) is 1. The van der Waals surface area contributed by atoms with E-state index in [2.05, 4.69) is 24.3 Å². The summed E-state index contributed by atoms with van der Waals surface area (Å²) in [5, 5.41) is 3.26. The first kappa shape index (κ1) is 9.47. The van der Waals surface area contributed by atoms with Crippen LogP contribution in [0.25, 0.3) is 0 Å². The van der Waals surface area contributed by atoms with Crippen LogP contribution in [0.3, 0.4) is 0 Å². The molecule has 1 saturated heterocycles. The molecule has 1 heterocycles. The van der Waals surface area contributed by atoms with Crippen molar-refractivity contribution in [1.29, 1.82) is 0 Å². The van der Waals surface area contributed by atoms with Gasteiger partial charge in [-0.1, -0.05) is 0 Å². The van der Waals surface area contributed by atoms with E-state index >= 15 is 0 Å². The van der Waals surface area contributed by atoms with Gasteiger partial charge in [0.1, 0.15) is 0 Å². The Bertz CT molecular complexity index is 171. The summed E-state index contributed by atoms with van der Waals surface area (Å²) >= 11 is 0. The molecule has 0 radical (unpaired) electrons. The highest BCUT2D eigenvalue weighted by atomic mass is 15.1. The summed E-state index contributed by atoms with van der Waals surface area (Å²) in [6, 6.07) is 0. The van der Waals surface area contributed by atoms with Crippen molar-refractivity contribution in [1.82, 2.24) is 10.2 Å². The minimum Gasteiger partial charge on any atom is -0.320 e. The van der Waals surface area contributed by atoms with E-state index in [9.17, 15) is 0 Å². The maximum Gasteiger partial charge on any atom is -0.00164 e. The van der Waals surface area contributed by atoms with Crippen molar-refractivity contribution in [3.63, 3.8) is 0 Å². The fraction of sp³-hybridized carbons (Fsp3) is 1.00. The molecule has 1 aliphatic carbocycles. The molecule has 1 saturated carbocycles. The van der Waals surface area contributed by atoms with Crippen molar-refractivity contribution in [2.24, 2.45) is 11.3 Å². The molecule has 1 atom stereocenters. The van der Waals surface area contributed by atoms with Gasteiger partial charge in [-0.05, 0) is 70.7 Å². The molecular weight excluding hydrogens is 160 g/mol. The van der Waals surface area contributed by atoms with Gasteiger partial charge < -0.3 is 10.2 Å². The lowest BCUT2D eigenvalue weighted by molar-refractivity contribution is 0.191. The van der Waals surface area contributed by atoms with Crippen LogP contribution in [0.5, 0.6) is 0 Å². The highest BCUT2D eigenvalue weighted by Gasteiger charge is 2.53. The molecule has 0 bridgehead atoms. The molecule has 1 spiro atoms. The SMILES string of the molecule is CNCCC1CC12CCN(C)CC2. The Hall–Kier alpha value is -0.0800. The number of piperidine rings is 1. The van der Waals surface area contributed by atoms with E-state index in [1.807, 2.05) is 0 Å². The molecule has 1 unspecified atom stereocenters. The fourth-order valence-corrected chi connectivity index (χ4v) is 2.83. The Labute approximate surface area is 81.7 Å². The Morgan fingerprint density at radius 3 is 2.69 bits per heavy atom. The molecule has 0 amide bonds. The van der Waals surface area contributed by atoms with Crippen LogP contribution in [0.15, 0.2) is 0 Å². The number of likely N-dealkylation sites (tertiary alicyclic amines) is 1. The van der Waals surface area contributed by atoms with E-state index in [-0.39, 0.29) is 0 Å². The zero-order chi connectivity index (χ0) is 9.31. The van der Waals surface area contributed by atoms with Gasteiger partial charge in [0.25, 0.3) is 0 Å². The standard InChI is InChI=1S/C11H22N2/c1-12-6-3-10-9-11(10)4-7-13(2)8-5-11/h10,12H,3-9H2,1-2H3. The summed E-state index contributed by atoms with van der Waals surface area (Å²) in [5.74, 6) is 1.05. The molecule has 2 nitrogen and oxygen atoms in total. The molecule has 1 N–H and O–H groups in total. The summed E-state index contributed by atoms with van der Waals surface area (Å²) in [6.45, 7) is 3.87. The monoisotopic (exact) mass is 182 g/mol. The van der Waals surface area contributed by atoms with Gasteiger partial charge in [-0.25, -0.2) is 0 Å². The van der Waals surface area contributed by atoms with Gasteiger partial charge in [0.15, 0.2) is 0 Å². The molecule has 0 aromatic heterocycles. The van der Waals surface area contributed by atoms with Gasteiger partial charge in [-0.15, -0.1) is 0 Å². The molecule has 0 aromatic carbocycles. The van der Waals surface area contributed by atoms with Gasteiger partial charge in [0.05, 0.1) is 0 Å². The lowest BCUT2D eigenvalue weighted by Gasteiger charge is -2.30. The zero-order valence-electron chi connectivity index (χ0n) is 8.97. The van der Waals surface area contributed by atoms with E-state index in [0.29, 0.717) is 0 Å². The first-order valence-electron chi connectivity index (χ1n) is 5.60. The summed E-state index contributed by atoms with van der Waals surface area (Å²) in [7, 11) is 4.31. The van der Waals surface area contributed by atoms with Crippen LogP contribution in [-0.2, 0) is 0 Å². The Morgan fingerprint density at radius 2 is 2.08 bits per heavy atom. The van der Waals surface area contributed by atoms with E-state index in [1.54, 1.807) is 0 Å². The van der Waals surface area contributed by atoms with Gasteiger partial charge in [-0.3, -0.25) is 0 Å². The first-order valence-corrected chi connectivity index (χ1v) is 5.60. The summed E-state index contributed by atoms with van der Waals surface area (Å²) in [4.78, 5) is 2.47. The quantitative estimate of drug-likeness (QED) is 0.708. The van der Waals surface area contributed by atoms with Crippen molar-refractivity contribution >= 4 is 0 Å². The maximum atomic E-state index is 3.26. The topological polar surface area (TPSA) is 15.3 Å². The predicted molar refractivity (Wildman–Crippen MR) is 55.8 cm³/mol. The highest BCUT2D eigenvalue weighted by Crippen LogP contribution is 2.60. The average Bonchev–Trinajstić information content (AvgIpc) is 2.82. The van der Waals surface area contributed by atoms with Gasteiger partial charge in [0, 0.05) is 0 Å². The molecule has 2 rings (SSSR count). The molecule has 13 heavy (non-hydrogen) atoms. The number of rotatable bonds is 3. The third-order valence-corrected chi connectivity index (χ3v) is 4.08. The second-order valence-electron chi connectivity index (χ2n) is 4.96. The molecule has 76 valence electrons. The minimum atomic E-state index is 0.795. The third kappa shape index (κ3) is 1.89. The second kappa shape index (κ2) is 3.58. The summed E-state index contributed by atoms with van der Waals surface area (Å²) in [6.07, 6.45) is 5.83. The fourth-order valence-electron chi connectivity index (χ4n) is 2.83. The largest absolute Gasteiger partial charge is 0.320 e. The Morgan fingerprint density at radius 1 is 1.38 bits per heavy atom. The van der Waals surface area contributed by atoms with Gasteiger partial charge >= 0.3 is 0 Å². The molecule has 2 heteroatoms. The molecule has 2 fully saturated rings. The minimum absolute atomic E-state index is 0.795.